The number of nitrogen functional groups attached to an aromatic ring is 2. The molecule has 4 aromatic heterocycles. The Morgan fingerprint density at radius 3 is 2.57 bits per heavy atom. The van der Waals surface area contributed by atoms with Crippen LogP contribution in [0.5, 0.6) is 0 Å². The average Bonchev–Trinajstić information content (AvgIpc) is 3.65. The Morgan fingerprint density at radius 1 is 1.14 bits per heavy atom. The minimum atomic E-state index is -4.51. The van der Waals surface area contributed by atoms with Crippen LogP contribution in [0.15, 0.2) is 23.8 Å². The van der Waals surface area contributed by atoms with E-state index in [0.717, 1.165) is 10.9 Å². The summed E-state index contributed by atoms with van der Waals surface area (Å²) in [6, 6.07) is 0. The Bertz CT molecular complexity index is 1880. The van der Waals surface area contributed by atoms with E-state index >= 15 is 8.78 Å². The Hall–Kier alpha value is -3.31. The molecule has 3 saturated heterocycles. The summed E-state index contributed by atoms with van der Waals surface area (Å²) < 4.78 is 55.9. The number of hydrogen-bond donors (Lipinski definition) is 5. The molecule has 44 heavy (non-hydrogen) atoms. The molecule has 7 heterocycles. The van der Waals surface area contributed by atoms with Gasteiger partial charge in [-0.3, -0.25) is 23.4 Å². The summed E-state index contributed by atoms with van der Waals surface area (Å²) in [5.74, 6) is -4.06. The zero-order chi connectivity index (χ0) is 31.2. The lowest BCUT2D eigenvalue weighted by molar-refractivity contribution is -0.468. The van der Waals surface area contributed by atoms with Gasteiger partial charge in [0, 0.05) is 0 Å². The van der Waals surface area contributed by atoms with Gasteiger partial charge in [-0.2, -0.15) is 4.98 Å². The van der Waals surface area contributed by atoms with Crippen LogP contribution in [-0.2, 0) is 40.1 Å². The Balaban J connectivity index is 1.13. The fourth-order valence-corrected chi connectivity index (χ4v) is 6.78. The van der Waals surface area contributed by atoms with E-state index in [9.17, 15) is 14.8 Å². The van der Waals surface area contributed by atoms with Gasteiger partial charge in [0.2, 0.25) is 5.95 Å². The van der Waals surface area contributed by atoms with Crippen molar-refractivity contribution in [2.45, 2.75) is 55.3 Å². The Kier molecular flexibility index (Phi) is 6.75. The third kappa shape index (κ3) is 4.49. The largest absolute Gasteiger partial charge is 0.393 e. The lowest BCUT2D eigenvalue weighted by atomic mass is 9.97. The molecule has 0 aliphatic carbocycles. The molecule has 4 aromatic rings. The van der Waals surface area contributed by atoms with Crippen molar-refractivity contribution in [3.8, 4) is 0 Å². The second-order valence-corrected chi connectivity index (χ2v) is 13.2. The molecule has 7 N–H and O–H groups in total. The van der Waals surface area contributed by atoms with Crippen LogP contribution in [0.4, 0.5) is 20.5 Å². The number of ether oxygens (including phenoxy) is 2. The summed E-state index contributed by atoms with van der Waals surface area (Å²) >= 11 is 5.12. The van der Waals surface area contributed by atoms with E-state index in [4.69, 9.17) is 51.6 Å². The van der Waals surface area contributed by atoms with Crippen LogP contribution in [0.3, 0.4) is 0 Å². The predicted octanol–water partition coefficient (Wildman–Crippen LogP) is -0.746. The first-order chi connectivity index (χ1) is 20.8. The fraction of sp³-hybridized carbons (Fsp3) is 0.524. The quantitative estimate of drug-likeness (QED) is 0.115. The van der Waals surface area contributed by atoms with Gasteiger partial charge in [0.1, 0.15) is 23.5 Å². The summed E-state index contributed by atoms with van der Waals surface area (Å²) in [7, 11) is 0. The summed E-state index contributed by atoms with van der Waals surface area (Å²) in [6.07, 6.45) is -4.72. The first-order valence-electron chi connectivity index (χ1n) is 12.8. The highest BCUT2D eigenvalue weighted by atomic mass is 32.5. The second kappa shape index (κ2) is 10.1. The van der Waals surface area contributed by atoms with Gasteiger partial charge < -0.3 is 35.5 Å². The van der Waals surface area contributed by atoms with E-state index < -0.39 is 73.9 Å². The molecule has 23 heteroatoms. The number of aromatic amines is 1. The molecule has 3 aliphatic heterocycles. The topological polar surface area (TPSA) is 255 Å². The van der Waals surface area contributed by atoms with Gasteiger partial charge in [-0.05, 0) is 18.7 Å². The molecule has 236 valence electrons. The third-order valence-corrected chi connectivity index (χ3v) is 9.05. The zero-order valence-electron chi connectivity index (χ0n) is 22.3. The van der Waals surface area contributed by atoms with Crippen molar-refractivity contribution >= 4 is 52.6 Å². The Labute approximate surface area is 248 Å². The van der Waals surface area contributed by atoms with Crippen LogP contribution in [0.1, 0.15) is 19.4 Å². The van der Waals surface area contributed by atoms with Crippen molar-refractivity contribution in [2.75, 3.05) is 24.7 Å². The molecule has 19 nitrogen and oxygen atoms in total. The number of anilines is 2. The second-order valence-electron chi connectivity index (χ2n) is 10.4. The molecule has 2 unspecified atom stereocenters. The number of alkyl halides is 2. The summed E-state index contributed by atoms with van der Waals surface area (Å²) in [4.78, 5) is 56.1. The number of halogens is 2. The van der Waals surface area contributed by atoms with Crippen molar-refractivity contribution in [1.82, 2.24) is 39.0 Å². The molecule has 0 saturated carbocycles. The van der Waals surface area contributed by atoms with Crippen LogP contribution in [0, 0.1) is 0 Å². The molecular weight excluding hydrogens is 637 g/mol. The predicted molar refractivity (Wildman–Crippen MR) is 144 cm³/mol. The van der Waals surface area contributed by atoms with Crippen molar-refractivity contribution < 1.29 is 47.1 Å². The summed E-state index contributed by atoms with van der Waals surface area (Å²) in [5, 5.41) is 9.61. The third-order valence-electron chi connectivity index (χ3n) is 7.53. The lowest BCUT2D eigenvalue weighted by Crippen LogP contribution is -2.53. The van der Waals surface area contributed by atoms with Gasteiger partial charge in [-0.1, -0.05) is 0 Å². The normalized spacial score (nSPS) is 32.6. The summed E-state index contributed by atoms with van der Waals surface area (Å²) in [6.45, 7) is -4.53. The van der Waals surface area contributed by atoms with E-state index in [1.54, 1.807) is 11.5 Å². The fourth-order valence-electron chi connectivity index (χ4n) is 5.33. The summed E-state index contributed by atoms with van der Waals surface area (Å²) in [5.41, 5.74) is 9.69. The number of aliphatic hydroxyl groups is 1. The SMILES string of the molecule is CC1(COP(O)(=S)O[C@H]2[C@H](n3cnc4c(=O)[nH]c(N)nc43)O[C@H](CO)C2(F)F)O[C@@H](n2cnc3c(N)ncnc32)[C@@H]2OO[C@@H]21. The molecule has 0 radical (unpaired) electrons. The maximum atomic E-state index is 15.5. The smallest absolute Gasteiger partial charge is 0.325 e. The highest BCUT2D eigenvalue weighted by Gasteiger charge is 2.64. The highest BCUT2D eigenvalue weighted by Crippen LogP contribution is 2.55. The number of fused-ring (bicyclic) bond motifs is 3. The van der Waals surface area contributed by atoms with Gasteiger partial charge in [0.25, 0.3) is 5.56 Å². The number of nitrogens with one attached hydrogen (secondary N) is 1. The van der Waals surface area contributed by atoms with Gasteiger partial charge in [-0.25, -0.2) is 38.5 Å². The number of nitrogens with zero attached hydrogens (tertiary/aromatic N) is 7. The number of aliphatic hydroxyl groups excluding tert-OH is 1. The molecule has 0 aromatic carbocycles. The van der Waals surface area contributed by atoms with Crippen LogP contribution in [0.2, 0.25) is 0 Å². The maximum absolute atomic E-state index is 15.5. The molecule has 3 aliphatic rings. The van der Waals surface area contributed by atoms with E-state index in [1.165, 1.54) is 12.7 Å². The number of nitrogens with two attached hydrogens (primary N) is 2. The highest BCUT2D eigenvalue weighted by molar-refractivity contribution is 8.07. The molecule has 8 atom stereocenters. The number of imidazole rings is 2. The first kappa shape index (κ1) is 29.4. The lowest BCUT2D eigenvalue weighted by Gasteiger charge is -2.37. The maximum Gasteiger partial charge on any atom is 0.325 e. The van der Waals surface area contributed by atoms with E-state index in [1.807, 2.05) is 0 Å². The minimum absolute atomic E-state index is 0.155. The molecular formula is C21H23F2N10O9PS. The Morgan fingerprint density at radius 2 is 1.86 bits per heavy atom. The van der Waals surface area contributed by atoms with E-state index in [-0.39, 0.29) is 22.9 Å². The van der Waals surface area contributed by atoms with Crippen molar-refractivity contribution in [1.29, 1.82) is 0 Å². The van der Waals surface area contributed by atoms with Crippen LogP contribution in [-0.4, -0.2) is 98.2 Å². The van der Waals surface area contributed by atoms with Crippen molar-refractivity contribution in [3.05, 3.63) is 29.3 Å². The zero-order valence-corrected chi connectivity index (χ0v) is 24.0. The molecule has 3 fully saturated rings. The standard InChI is InChI=1S/C21H23F2N10O9PS/c1-20(11-10(40-41-11)17(39-20)32-5-28-8-13(24)26-4-27-14(8)32)3-37-43(36,44)42-12-18(38-7(2-34)21(12,22)23)33-6-29-9-15(33)30-19(25)31-16(9)35/h4-7,10-12,17-18,34H,2-3H2,1H3,(H,36,44)(H2,24,26,27)(H3,25,30,31,35)/t7-,10-,11+,12+,17-,18-,20?,43?/m1/s1. The van der Waals surface area contributed by atoms with Crippen molar-refractivity contribution in [3.63, 3.8) is 0 Å². The van der Waals surface area contributed by atoms with Crippen molar-refractivity contribution in [2.24, 2.45) is 0 Å². The number of rotatable bonds is 8. The monoisotopic (exact) mass is 660 g/mol. The van der Waals surface area contributed by atoms with Gasteiger partial charge in [0.15, 0.2) is 53.4 Å². The van der Waals surface area contributed by atoms with Gasteiger partial charge in [0.05, 0.1) is 25.9 Å². The molecule has 0 bridgehead atoms. The minimum Gasteiger partial charge on any atom is -0.393 e. The number of H-pyrrole nitrogens is 1. The van der Waals surface area contributed by atoms with E-state index in [2.05, 4.69) is 29.9 Å². The molecule has 7 rings (SSSR count). The van der Waals surface area contributed by atoms with E-state index in [0.29, 0.717) is 11.2 Å². The van der Waals surface area contributed by atoms with Gasteiger partial charge in [-0.15, -0.1) is 0 Å². The number of hydrogen-bond acceptors (Lipinski definition) is 16. The number of aromatic nitrogens is 8. The molecule has 0 amide bonds. The van der Waals surface area contributed by atoms with Crippen LogP contribution < -0.4 is 17.0 Å². The molecule has 0 spiro atoms. The van der Waals surface area contributed by atoms with Gasteiger partial charge >= 0.3 is 12.6 Å². The van der Waals surface area contributed by atoms with Crippen LogP contribution >= 0.6 is 6.72 Å². The first-order valence-corrected chi connectivity index (χ1v) is 15.4. The van der Waals surface area contributed by atoms with Crippen LogP contribution in [0.25, 0.3) is 22.3 Å². The average molecular weight is 661 g/mol.